The molecule has 2 N–H and O–H groups in total. The van der Waals surface area contributed by atoms with Crippen molar-refractivity contribution < 1.29 is 9.53 Å². The van der Waals surface area contributed by atoms with Crippen LogP contribution in [0.1, 0.15) is 32.1 Å². The molecule has 1 aliphatic rings. The zero-order valence-electron chi connectivity index (χ0n) is 11.7. The van der Waals surface area contributed by atoms with Crippen molar-refractivity contribution in [1.82, 2.24) is 5.32 Å². The molecule has 110 valence electrons. The number of hydrogen-bond donors (Lipinski definition) is 2. The Morgan fingerprint density at radius 3 is 3.05 bits per heavy atom. The van der Waals surface area contributed by atoms with Crippen molar-refractivity contribution in [2.45, 2.75) is 38.1 Å². The summed E-state index contributed by atoms with van der Waals surface area (Å²) < 4.78 is 5.21. The Morgan fingerprint density at radius 1 is 1.50 bits per heavy atom. The first-order chi connectivity index (χ1) is 9.69. The molecule has 1 aromatic rings. The van der Waals surface area contributed by atoms with Gasteiger partial charge in [0, 0.05) is 17.5 Å². The van der Waals surface area contributed by atoms with Crippen LogP contribution in [0.4, 0.5) is 5.69 Å². The second-order valence-electron chi connectivity index (χ2n) is 5.08. The molecule has 1 aliphatic heterocycles. The minimum absolute atomic E-state index is 0.00191. The Balaban J connectivity index is 1.86. The van der Waals surface area contributed by atoms with Crippen molar-refractivity contribution in [3.05, 3.63) is 23.2 Å². The van der Waals surface area contributed by atoms with Crippen LogP contribution >= 0.6 is 11.6 Å². The van der Waals surface area contributed by atoms with E-state index in [2.05, 4.69) is 10.6 Å². The minimum atomic E-state index is -0.00191. The van der Waals surface area contributed by atoms with E-state index in [0.29, 0.717) is 28.9 Å². The number of rotatable bonds is 5. The summed E-state index contributed by atoms with van der Waals surface area (Å²) >= 11 is 5.94. The van der Waals surface area contributed by atoms with Crippen LogP contribution in [0, 0.1) is 0 Å². The summed E-state index contributed by atoms with van der Waals surface area (Å²) in [6, 6.07) is 5.66. The normalized spacial score (nSPS) is 18.6. The van der Waals surface area contributed by atoms with Gasteiger partial charge in [0.2, 0.25) is 5.91 Å². The number of hydrogen-bond acceptors (Lipinski definition) is 3. The lowest BCUT2D eigenvalue weighted by atomic mass is 10.0. The second kappa shape index (κ2) is 7.50. The lowest BCUT2D eigenvalue weighted by Crippen LogP contribution is -2.34. The van der Waals surface area contributed by atoms with E-state index in [9.17, 15) is 4.79 Å². The van der Waals surface area contributed by atoms with E-state index in [-0.39, 0.29) is 5.91 Å². The van der Waals surface area contributed by atoms with Gasteiger partial charge in [-0.3, -0.25) is 4.79 Å². The summed E-state index contributed by atoms with van der Waals surface area (Å²) in [7, 11) is 1.57. The van der Waals surface area contributed by atoms with Crippen molar-refractivity contribution in [3.63, 3.8) is 0 Å². The molecule has 0 spiro atoms. The molecule has 0 aromatic heterocycles. The fourth-order valence-corrected chi connectivity index (χ4v) is 2.64. The molecule has 5 heteroatoms. The van der Waals surface area contributed by atoms with E-state index in [0.717, 1.165) is 19.4 Å². The molecular formula is C15H21ClN2O2. The summed E-state index contributed by atoms with van der Waals surface area (Å²) in [4.78, 5) is 12.0. The first-order valence-corrected chi connectivity index (χ1v) is 7.43. The molecule has 1 atom stereocenters. The largest absolute Gasteiger partial charge is 0.495 e. The van der Waals surface area contributed by atoms with E-state index in [1.54, 1.807) is 25.3 Å². The second-order valence-corrected chi connectivity index (χ2v) is 5.51. The number of halogens is 1. The Bertz CT molecular complexity index is 459. The smallest absolute Gasteiger partial charge is 0.224 e. The molecular weight excluding hydrogens is 276 g/mol. The Kier molecular flexibility index (Phi) is 5.68. The van der Waals surface area contributed by atoms with Gasteiger partial charge < -0.3 is 15.4 Å². The molecule has 1 unspecified atom stereocenters. The molecule has 0 aliphatic carbocycles. The number of piperidine rings is 1. The average Bonchev–Trinajstić information content (AvgIpc) is 2.46. The first kappa shape index (κ1) is 15.1. The summed E-state index contributed by atoms with van der Waals surface area (Å²) in [5, 5.41) is 6.89. The van der Waals surface area contributed by atoms with Crippen molar-refractivity contribution >= 4 is 23.2 Å². The maximum atomic E-state index is 12.0. The van der Waals surface area contributed by atoms with Gasteiger partial charge in [-0.2, -0.15) is 0 Å². The van der Waals surface area contributed by atoms with Gasteiger partial charge in [-0.25, -0.2) is 0 Å². The van der Waals surface area contributed by atoms with E-state index in [4.69, 9.17) is 16.3 Å². The van der Waals surface area contributed by atoms with Crippen LogP contribution in [0.2, 0.25) is 5.02 Å². The van der Waals surface area contributed by atoms with Gasteiger partial charge in [0.25, 0.3) is 0 Å². The van der Waals surface area contributed by atoms with Gasteiger partial charge in [0.05, 0.1) is 12.8 Å². The van der Waals surface area contributed by atoms with E-state index < -0.39 is 0 Å². The molecule has 2 rings (SSSR count). The molecule has 1 fully saturated rings. The monoisotopic (exact) mass is 296 g/mol. The molecule has 1 saturated heterocycles. The maximum absolute atomic E-state index is 12.0. The zero-order chi connectivity index (χ0) is 14.4. The molecule has 4 nitrogen and oxygen atoms in total. The third-order valence-electron chi connectivity index (χ3n) is 3.57. The Morgan fingerprint density at radius 2 is 2.35 bits per heavy atom. The van der Waals surface area contributed by atoms with Gasteiger partial charge in [0.15, 0.2) is 0 Å². The summed E-state index contributed by atoms with van der Waals surface area (Å²) in [6.45, 7) is 1.06. The van der Waals surface area contributed by atoms with Gasteiger partial charge in [-0.1, -0.05) is 18.0 Å². The highest BCUT2D eigenvalue weighted by Crippen LogP contribution is 2.27. The number of ether oxygens (including phenoxy) is 1. The van der Waals surface area contributed by atoms with Crippen molar-refractivity contribution in [2.24, 2.45) is 0 Å². The molecule has 20 heavy (non-hydrogen) atoms. The summed E-state index contributed by atoms with van der Waals surface area (Å²) in [5.41, 5.74) is 0.626. The van der Waals surface area contributed by atoms with E-state index in [1.165, 1.54) is 12.8 Å². The number of nitrogens with one attached hydrogen (secondary N) is 2. The number of carbonyl (C=O) groups excluding carboxylic acids is 1. The fourth-order valence-electron chi connectivity index (χ4n) is 2.47. The van der Waals surface area contributed by atoms with Crippen LogP contribution in [0.5, 0.6) is 5.75 Å². The average molecular weight is 297 g/mol. The molecule has 0 bridgehead atoms. The van der Waals surface area contributed by atoms with E-state index in [1.807, 2.05) is 0 Å². The molecule has 1 aromatic carbocycles. The van der Waals surface area contributed by atoms with Gasteiger partial charge in [0.1, 0.15) is 5.75 Å². The quantitative estimate of drug-likeness (QED) is 0.877. The summed E-state index contributed by atoms with van der Waals surface area (Å²) in [5.74, 6) is 0.622. The predicted molar refractivity (Wildman–Crippen MR) is 81.5 cm³/mol. The van der Waals surface area contributed by atoms with Crippen LogP contribution in [-0.2, 0) is 4.79 Å². The topological polar surface area (TPSA) is 50.4 Å². The first-order valence-electron chi connectivity index (χ1n) is 7.06. The van der Waals surface area contributed by atoms with Crippen molar-refractivity contribution in [1.29, 1.82) is 0 Å². The highest BCUT2D eigenvalue weighted by atomic mass is 35.5. The van der Waals surface area contributed by atoms with Gasteiger partial charge in [-0.15, -0.1) is 0 Å². The summed E-state index contributed by atoms with van der Waals surface area (Å²) in [6.07, 6.45) is 5.03. The lowest BCUT2D eigenvalue weighted by Gasteiger charge is -2.23. The third-order valence-corrected chi connectivity index (χ3v) is 3.80. The predicted octanol–water partition coefficient (Wildman–Crippen LogP) is 3.21. The number of carbonyl (C=O) groups is 1. The third kappa shape index (κ3) is 4.39. The van der Waals surface area contributed by atoms with Crippen LogP contribution < -0.4 is 15.4 Å². The van der Waals surface area contributed by atoms with E-state index >= 15 is 0 Å². The molecule has 0 radical (unpaired) electrons. The minimum Gasteiger partial charge on any atom is -0.495 e. The highest BCUT2D eigenvalue weighted by Gasteiger charge is 2.15. The molecule has 0 saturated carbocycles. The number of methoxy groups -OCH3 is 1. The van der Waals surface area contributed by atoms with Crippen LogP contribution in [0.3, 0.4) is 0 Å². The SMILES string of the molecule is COc1ccc(Cl)cc1NC(=O)CCC1CCCCN1. The van der Waals surface area contributed by atoms with Crippen molar-refractivity contribution in [3.8, 4) is 5.75 Å². The lowest BCUT2D eigenvalue weighted by molar-refractivity contribution is -0.116. The highest BCUT2D eigenvalue weighted by molar-refractivity contribution is 6.31. The van der Waals surface area contributed by atoms with Crippen LogP contribution in [-0.4, -0.2) is 25.6 Å². The molecule has 1 amide bonds. The molecule has 1 heterocycles. The van der Waals surface area contributed by atoms with Crippen molar-refractivity contribution in [2.75, 3.05) is 19.0 Å². The van der Waals surface area contributed by atoms with Gasteiger partial charge in [-0.05, 0) is 44.0 Å². The van der Waals surface area contributed by atoms with Gasteiger partial charge >= 0.3 is 0 Å². The zero-order valence-corrected chi connectivity index (χ0v) is 12.5. The number of amides is 1. The Labute approximate surface area is 124 Å². The fraction of sp³-hybridized carbons (Fsp3) is 0.533. The number of benzene rings is 1. The number of anilines is 1. The standard InChI is InChI=1S/C15H21ClN2O2/c1-20-14-7-5-11(16)10-13(14)18-15(19)8-6-12-4-2-3-9-17-12/h5,7,10,12,17H,2-4,6,8-9H2,1H3,(H,18,19). The Hall–Kier alpha value is -1.26. The van der Waals surface area contributed by atoms with Crippen LogP contribution in [0.15, 0.2) is 18.2 Å². The maximum Gasteiger partial charge on any atom is 0.224 e. The van der Waals surface area contributed by atoms with Crippen LogP contribution in [0.25, 0.3) is 0 Å².